The van der Waals surface area contributed by atoms with Crippen LogP contribution in [0.4, 0.5) is 0 Å². The van der Waals surface area contributed by atoms with Gasteiger partial charge in [-0.15, -0.1) is 0 Å². The van der Waals surface area contributed by atoms with Crippen molar-refractivity contribution in [3.63, 3.8) is 0 Å². The van der Waals surface area contributed by atoms with E-state index in [9.17, 15) is 13.2 Å². The van der Waals surface area contributed by atoms with Crippen molar-refractivity contribution < 1.29 is 13.2 Å². The molecule has 0 aliphatic carbocycles. The molecule has 1 aliphatic rings. The number of hydrogen-bond acceptors (Lipinski definition) is 4. The lowest BCUT2D eigenvalue weighted by molar-refractivity contribution is -0.132. The van der Waals surface area contributed by atoms with Gasteiger partial charge in [0.15, 0.2) is 0 Å². The summed E-state index contributed by atoms with van der Waals surface area (Å²) in [6.07, 6.45) is 1.90. The molecule has 1 aliphatic heterocycles. The van der Waals surface area contributed by atoms with Crippen molar-refractivity contribution in [1.82, 2.24) is 14.9 Å². The van der Waals surface area contributed by atoms with Gasteiger partial charge in [0, 0.05) is 32.1 Å². The topological polar surface area (TPSA) is 78.5 Å². The molecule has 0 aromatic heterocycles. The minimum atomic E-state index is -3.13. The molecule has 0 aromatic rings. The number of piperidine rings is 1. The van der Waals surface area contributed by atoms with E-state index in [2.05, 4.69) is 10.0 Å². The third kappa shape index (κ3) is 4.91. The summed E-state index contributed by atoms with van der Waals surface area (Å²) >= 11 is 0. The quantitative estimate of drug-likeness (QED) is 0.688. The Hall–Kier alpha value is -0.660. The van der Waals surface area contributed by atoms with Crippen LogP contribution in [-0.4, -0.2) is 57.7 Å². The van der Waals surface area contributed by atoms with E-state index >= 15 is 0 Å². The molecule has 1 amide bonds. The third-order valence-electron chi connectivity index (χ3n) is 3.16. The van der Waals surface area contributed by atoms with Crippen LogP contribution in [0.2, 0.25) is 0 Å². The molecule has 7 heteroatoms. The minimum absolute atomic E-state index is 0.0247. The van der Waals surface area contributed by atoms with Gasteiger partial charge < -0.3 is 10.2 Å². The molecule has 106 valence electrons. The second-order valence-electron chi connectivity index (χ2n) is 4.53. The first-order valence-corrected chi connectivity index (χ1v) is 8.06. The number of sulfonamides is 1. The molecule has 1 rings (SSSR count). The maximum absolute atomic E-state index is 11.8. The molecule has 0 bridgehead atoms. The van der Waals surface area contributed by atoms with Crippen LogP contribution in [-0.2, 0) is 14.8 Å². The predicted molar refractivity (Wildman–Crippen MR) is 70.7 cm³/mol. The smallest absolute Gasteiger partial charge is 0.223 e. The van der Waals surface area contributed by atoms with Crippen LogP contribution >= 0.6 is 0 Å². The van der Waals surface area contributed by atoms with E-state index in [4.69, 9.17) is 0 Å². The van der Waals surface area contributed by atoms with Crippen molar-refractivity contribution in [2.45, 2.75) is 32.2 Å². The lowest BCUT2D eigenvalue weighted by Crippen LogP contribution is -2.47. The Balaban J connectivity index is 2.35. The number of likely N-dealkylation sites (tertiary alicyclic amines) is 1. The van der Waals surface area contributed by atoms with Crippen molar-refractivity contribution in [2.24, 2.45) is 0 Å². The molecule has 1 fully saturated rings. The summed E-state index contributed by atoms with van der Waals surface area (Å²) in [4.78, 5) is 13.6. The zero-order chi connectivity index (χ0) is 13.6. The maximum Gasteiger partial charge on any atom is 0.223 e. The fraction of sp³-hybridized carbons (Fsp3) is 0.909. The largest absolute Gasteiger partial charge is 0.343 e. The molecule has 18 heavy (non-hydrogen) atoms. The van der Waals surface area contributed by atoms with Crippen molar-refractivity contribution in [1.29, 1.82) is 0 Å². The molecule has 1 heterocycles. The zero-order valence-corrected chi connectivity index (χ0v) is 11.9. The van der Waals surface area contributed by atoms with Gasteiger partial charge in [0.2, 0.25) is 15.9 Å². The van der Waals surface area contributed by atoms with Crippen LogP contribution < -0.4 is 10.0 Å². The van der Waals surface area contributed by atoms with Crippen LogP contribution in [0.25, 0.3) is 0 Å². The average molecular weight is 277 g/mol. The summed E-state index contributed by atoms with van der Waals surface area (Å²) in [6.45, 7) is 3.58. The summed E-state index contributed by atoms with van der Waals surface area (Å²) in [5.74, 6) is 0.245. The van der Waals surface area contributed by atoms with E-state index in [0.717, 1.165) is 0 Å². The molecule has 0 radical (unpaired) electrons. The third-order valence-corrected chi connectivity index (χ3v) is 4.62. The Kier molecular flexibility index (Phi) is 6.04. The number of nitrogens with one attached hydrogen (secondary N) is 2. The van der Waals surface area contributed by atoms with Gasteiger partial charge in [-0.05, 0) is 26.8 Å². The van der Waals surface area contributed by atoms with Crippen LogP contribution in [0.1, 0.15) is 26.2 Å². The zero-order valence-electron chi connectivity index (χ0n) is 11.1. The molecule has 6 nitrogen and oxygen atoms in total. The van der Waals surface area contributed by atoms with E-state index < -0.39 is 10.0 Å². The number of hydrogen-bond donors (Lipinski definition) is 2. The molecule has 0 saturated carbocycles. The lowest BCUT2D eigenvalue weighted by atomic mass is 10.1. The molecule has 0 unspecified atom stereocenters. The Morgan fingerprint density at radius 3 is 2.44 bits per heavy atom. The highest BCUT2D eigenvalue weighted by Crippen LogP contribution is 2.12. The normalized spacial score (nSPS) is 18.0. The molecule has 0 spiro atoms. The molecular formula is C11H23N3O3S. The van der Waals surface area contributed by atoms with Crippen molar-refractivity contribution in [3.05, 3.63) is 0 Å². The summed E-state index contributed by atoms with van der Waals surface area (Å²) in [6, 6.07) is -0.0247. The number of carbonyl (C=O) groups excluding carboxylic acids is 1. The molecule has 1 saturated heterocycles. The number of rotatable bonds is 6. The summed E-state index contributed by atoms with van der Waals surface area (Å²) in [7, 11) is -1.32. The van der Waals surface area contributed by atoms with E-state index in [-0.39, 0.29) is 17.7 Å². The highest BCUT2D eigenvalue weighted by molar-refractivity contribution is 7.89. The minimum Gasteiger partial charge on any atom is -0.343 e. The Labute approximate surface area is 109 Å². The van der Waals surface area contributed by atoms with Crippen LogP contribution in [0, 0.1) is 0 Å². The Morgan fingerprint density at radius 1 is 1.33 bits per heavy atom. The molecule has 0 aromatic carbocycles. The first-order chi connectivity index (χ1) is 8.48. The van der Waals surface area contributed by atoms with Crippen molar-refractivity contribution in [2.75, 3.05) is 32.4 Å². The second kappa shape index (κ2) is 7.06. The molecule has 0 atom stereocenters. The number of nitrogens with zero attached hydrogens (tertiary/aromatic N) is 1. The first-order valence-electron chi connectivity index (χ1n) is 6.41. The van der Waals surface area contributed by atoms with E-state index in [0.29, 0.717) is 38.9 Å². The molecular weight excluding hydrogens is 254 g/mol. The van der Waals surface area contributed by atoms with E-state index in [1.165, 1.54) is 0 Å². The van der Waals surface area contributed by atoms with Gasteiger partial charge in [-0.1, -0.05) is 0 Å². The van der Waals surface area contributed by atoms with Gasteiger partial charge in [0.25, 0.3) is 0 Å². The highest BCUT2D eigenvalue weighted by atomic mass is 32.2. The number of amides is 1. The second-order valence-corrected chi connectivity index (χ2v) is 6.57. The van der Waals surface area contributed by atoms with Gasteiger partial charge >= 0.3 is 0 Å². The van der Waals surface area contributed by atoms with Gasteiger partial charge in [0.05, 0.1) is 5.75 Å². The maximum atomic E-state index is 11.8. The fourth-order valence-corrected chi connectivity index (χ4v) is 2.88. The standard InChI is InChI=1S/C11H23N3O3S/c1-3-18(16,17)13-10-5-8-14(9-6-10)11(15)4-7-12-2/h10,12-13H,3-9H2,1-2H3. The summed E-state index contributed by atoms with van der Waals surface area (Å²) in [5, 5.41) is 2.95. The molecule has 2 N–H and O–H groups in total. The Morgan fingerprint density at radius 2 is 1.94 bits per heavy atom. The first kappa shape index (κ1) is 15.4. The van der Waals surface area contributed by atoms with E-state index in [1.807, 2.05) is 11.9 Å². The lowest BCUT2D eigenvalue weighted by Gasteiger charge is -2.32. The van der Waals surface area contributed by atoms with E-state index in [1.54, 1.807) is 6.92 Å². The van der Waals surface area contributed by atoms with Gasteiger partial charge in [-0.2, -0.15) is 0 Å². The fourth-order valence-electron chi connectivity index (χ4n) is 1.97. The monoisotopic (exact) mass is 277 g/mol. The van der Waals surface area contributed by atoms with Crippen molar-refractivity contribution in [3.8, 4) is 0 Å². The predicted octanol–water partition coefficient (Wildman–Crippen LogP) is -0.474. The number of carbonyl (C=O) groups is 1. The van der Waals surface area contributed by atoms with Gasteiger partial charge in [-0.3, -0.25) is 4.79 Å². The summed E-state index contributed by atoms with van der Waals surface area (Å²) < 4.78 is 25.5. The highest BCUT2D eigenvalue weighted by Gasteiger charge is 2.24. The van der Waals surface area contributed by atoms with Crippen molar-refractivity contribution >= 4 is 15.9 Å². The van der Waals surface area contributed by atoms with Gasteiger partial charge in [-0.25, -0.2) is 13.1 Å². The Bertz CT molecular complexity index is 362. The van der Waals surface area contributed by atoms with Crippen LogP contribution in [0.15, 0.2) is 0 Å². The van der Waals surface area contributed by atoms with Crippen LogP contribution in [0.3, 0.4) is 0 Å². The van der Waals surface area contributed by atoms with Crippen LogP contribution in [0.5, 0.6) is 0 Å². The SMILES string of the molecule is CCS(=O)(=O)NC1CCN(C(=O)CCNC)CC1. The van der Waals surface area contributed by atoms with Gasteiger partial charge in [0.1, 0.15) is 0 Å². The average Bonchev–Trinajstić information content (AvgIpc) is 2.36. The summed E-state index contributed by atoms with van der Waals surface area (Å²) in [5.41, 5.74) is 0.